The number of carboxylic acids is 1. The van der Waals surface area contributed by atoms with Crippen molar-refractivity contribution in [3.05, 3.63) is 29.8 Å². The number of likely N-dealkylation sites (tertiary alicyclic amines) is 1. The molecule has 3 amide bonds. The summed E-state index contributed by atoms with van der Waals surface area (Å²) in [7, 11) is 1.22. The highest BCUT2D eigenvalue weighted by atomic mass is 19.4. The van der Waals surface area contributed by atoms with Crippen LogP contribution in [0.1, 0.15) is 12.0 Å². The number of nitrogens with two attached hydrogens (primary N) is 1. The number of carbonyl (C=O) groups is 4. The largest absolute Gasteiger partial charge is 0.490 e. The molecule has 0 aromatic heterocycles. The molecule has 0 unspecified atom stereocenters. The zero-order chi connectivity index (χ0) is 20.8. The number of anilines is 1. The number of ether oxygens (including phenoxy) is 1. The van der Waals surface area contributed by atoms with E-state index in [1.165, 1.54) is 7.11 Å². The summed E-state index contributed by atoms with van der Waals surface area (Å²) in [6.07, 6.45) is -5.09. The molecule has 1 fully saturated rings. The lowest BCUT2D eigenvalue weighted by Crippen LogP contribution is -2.60. The minimum atomic E-state index is -5.08. The van der Waals surface area contributed by atoms with Gasteiger partial charge in [-0.3, -0.25) is 4.79 Å². The Morgan fingerprint density at radius 1 is 1.30 bits per heavy atom. The quantitative estimate of drug-likeness (QED) is 0.518. The monoisotopic (exact) mass is 391 g/mol. The highest BCUT2D eigenvalue weighted by Crippen LogP contribution is 2.22. The second-order valence-corrected chi connectivity index (χ2v) is 5.14. The summed E-state index contributed by atoms with van der Waals surface area (Å²) in [6, 6.07) is 5.42. The number of carbonyl (C=O) groups excluding carboxylic acids is 3. The molecule has 0 saturated carbocycles. The van der Waals surface area contributed by atoms with Crippen molar-refractivity contribution in [3.63, 3.8) is 0 Å². The first kappa shape index (κ1) is 21.9. The molecular weight excluding hydrogens is 375 g/mol. The highest BCUT2D eigenvalue weighted by molar-refractivity contribution is 6.09. The molecule has 1 heterocycles. The van der Waals surface area contributed by atoms with Gasteiger partial charge >= 0.3 is 24.1 Å². The Morgan fingerprint density at radius 2 is 1.81 bits per heavy atom. The van der Waals surface area contributed by atoms with Crippen LogP contribution >= 0.6 is 0 Å². The topological polar surface area (TPSA) is 139 Å². The first-order valence-corrected chi connectivity index (χ1v) is 7.31. The molecule has 1 atom stereocenters. The molecule has 1 saturated heterocycles. The number of β-lactam (4-membered cyclic amide) rings is 1. The highest BCUT2D eigenvalue weighted by Gasteiger charge is 2.46. The maximum absolute atomic E-state index is 12.0. The lowest BCUT2D eigenvalue weighted by molar-refractivity contribution is -0.192. The average Bonchev–Trinajstić information content (AvgIpc) is 2.59. The van der Waals surface area contributed by atoms with Crippen molar-refractivity contribution in [2.75, 3.05) is 12.4 Å². The number of hydrogen-bond donors (Lipinski definition) is 3. The number of nitrogens with one attached hydrogen (secondary N) is 1. The molecule has 1 aromatic rings. The number of esters is 1. The Balaban J connectivity index is 0.000000445. The Hall–Kier alpha value is -3.15. The first-order valence-electron chi connectivity index (χ1n) is 7.31. The van der Waals surface area contributed by atoms with Crippen LogP contribution in [-0.2, 0) is 25.7 Å². The van der Waals surface area contributed by atoms with E-state index in [2.05, 4.69) is 10.1 Å². The van der Waals surface area contributed by atoms with Crippen LogP contribution in [0.2, 0.25) is 0 Å². The maximum atomic E-state index is 12.0. The van der Waals surface area contributed by atoms with Crippen LogP contribution in [0.5, 0.6) is 0 Å². The predicted octanol–water partition coefficient (Wildman–Crippen LogP) is 1.08. The number of hydrogen-bond acceptors (Lipinski definition) is 6. The third-order valence-corrected chi connectivity index (χ3v) is 3.32. The molecule has 27 heavy (non-hydrogen) atoms. The van der Waals surface area contributed by atoms with Gasteiger partial charge in [0.15, 0.2) is 0 Å². The van der Waals surface area contributed by atoms with Gasteiger partial charge in [0.25, 0.3) is 0 Å². The van der Waals surface area contributed by atoms with Crippen molar-refractivity contribution < 1.29 is 42.2 Å². The number of rotatable bonds is 3. The number of nitrogens with zero attached hydrogens (tertiary/aromatic N) is 1. The fourth-order valence-electron chi connectivity index (χ4n) is 1.90. The van der Waals surface area contributed by atoms with E-state index >= 15 is 0 Å². The van der Waals surface area contributed by atoms with Crippen molar-refractivity contribution in [2.24, 2.45) is 5.73 Å². The lowest BCUT2D eigenvalue weighted by Gasteiger charge is -2.36. The molecule has 0 aliphatic carbocycles. The Bertz CT molecular complexity index is 721. The van der Waals surface area contributed by atoms with Crippen molar-refractivity contribution in [3.8, 4) is 0 Å². The number of urea groups is 1. The van der Waals surface area contributed by atoms with E-state index < -0.39 is 36.1 Å². The van der Waals surface area contributed by atoms with Gasteiger partial charge in [0.05, 0.1) is 13.5 Å². The van der Waals surface area contributed by atoms with Gasteiger partial charge < -0.3 is 20.9 Å². The zero-order valence-corrected chi connectivity index (χ0v) is 13.9. The summed E-state index contributed by atoms with van der Waals surface area (Å²) in [6.45, 7) is 0.406. The van der Waals surface area contributed by atoms with E-state index in [9.17, 15) is 27.6 Å². The molecule has 2 rings (SSSR count). The average molecular weight is 391 g/mol. The molecule has 1 aliphatic heterocycles. The molecule has 12 heteroatoms. The normalized spacial score (nSPS) is 15.8. The molecule has 0 radical (unpaired) electrons. The van der Waals surface area contributed by atoms with Gasteiger partial charge in [-0.2, -0.15) is 13.2 Å². The maximum Gasteiger partial charge on any atom is 0.490 e. The fraction of sp³-hybridized carbons (Fsp3) is 0.333. The number of methoxy groups -OCH3 is 1. The van der Waals surface area contributed by atoms with E-state index in [0.29, 0.717) is 12.2 Å². The van der Waals surface area contributed by atoms with Crippen molar-refractivity contribution >= 4 is 29.6 Å². The fourth-order valence-corrected chi connectivity index (χ4v) is 1.90. The molecule has 1 aliphatic rings. The van der Waals surface area contributed by atoms with E-state index in [-0.39, 0.29) is 6.42 Å². The first-order chi connectivity index (χ1) is 12.5. The van der Waals surface area contributed by atoms with Crippen LogP contribution in [0.4, 0.5) is 23.7 Å². The number of imide groups is 1. The molecule has 9 nitrogen and oxygen atoms in total. The van der Waals surface area contributed by atoms with Gasteiger partial charge in [-0.05, 0) is 17.7 Å². The van der Waals surface area contributed by atoms with Crippen LogP contribution in [-0.4, -0.2) is 53.2 Å². The molecule has 0 bridgehead atoms. The Kier molecular flexibility index (Phi) is 7.28. The third kappa shape index (κ3) is 5.95. The summed E-state index contributed by atoms with van der Waals surface area (Å²) in [4.78, 5) is 44.5. The number of amides is 3. The standard InChI is InChI=1S/C13H15N3O4.C2HF3O2/c1-20-12(18)10-6-11(17)16(10)13(19)15-9-4-2-8(7-14)3-5-9;3-2(4,5)1(6)7/h2-5,10H,6-7,14H2,1H3,(H,15,19);(H,6,7)/t10-;/m0./s1. The van der Waals surface area contributed by atoms with Crippen molar-refractivity contribution in [1.82, 2.24) is 4.90 Å². The van der Waals surface area contributed by atoms with Crippen LogP contribution in [0.25, 0.3) is 0 Å². The van der Waals surface area contributed by atoms with Gasteiger partial charge in [0.2, 0.25) is 5.91 Å². The van der Waals surface area contributed by atoms with Crippen LogP contribution < -0.4 is 11.1 Å². The molecule has 148 valence electrons. The molecule has 0 spiro atoms. The number of alkyl halides is 3. The van der Waals surface area contributed by atoms with Crippen molar-refractivity contribution in [2.45, 2.75) is 25.2 Å². The molecule has 1 aromatic carbocycles. The minimum absolute atomic E-state index is 0.00773. The molecule has 4 N–H and O–H groups in total. The van der Waals surface area contributed by atoms with E-state index in [0.717, 1.165) is 10.5 Å². The van der Waals surface area contributed by atoms with E-state index in [4.69, 9.17) is 15.6 Å². The summed E-state index contributed by atoms with van der Waals surface area (Å²) >= 11 is 0. The van der Waals surface area contributed by atoms with Gasteiger partial charge in [-0.25, -0.2) is 19.3 Å². The number of carboxylic acid groups (broad SMARTS) is 1. The SMILES string of the molecule is COC(=O)[C@@H]1CC(=O)N1C(=O)Nc1ccc(CN)cc1.O=C(O)C(F)(F)F. The zero-order valence-electron chi connectivity index (χ0n) is 13.9. The second kappa shape index (κ2) is 8.98. The van der Waals surface area contributed by atoms with Crippen LogP contribution in [0, 0.1) is 0 Å². The van der Waals surface area contributed by atoms with Gasteiger partial charge in [0.1, 0.15) is 6.04 Å². The number of halogens is 3. The predicted molar refractivity (Wildman–Crippen MR) is 84.3 cm³/mol. The van der Waals surface area contributed by atoms with Gasteiger partial charge in [-0.1, -0.05) is 12.1 Å². The third-order valence-electron chi connectivity index (χ3n) is 3.32. The van der Waals surface area contributed by atoms with Gasteiger partial charge in [0, 0.05) is 12.2 Å². The smallest absolute Gasteiger partial charge is 0.475 e. The van der Waals surface area contributed by atoms with Crippen LogP contribution in [0.15, 0.2) is 24.3 Å². The second-order valence-electron chi connectivity index (χ2n) is 5.14. The van der Waals surface area contributed by atoms with Gasteiger partial charge in [-0.15, -0.1) is 0 Å². The Morgan fingerprint density at radius 3 is 2.19 bits per heavy atom. The minimum Gasteiger partial charge on any atom is -0.475 e. The summed E-state index contributed by atoms with van der Waals surface area (Å²) < 4.78 is 36.3. The van der Waals surface area contributed by atoms with Crippen LogP contribution in [0.3, 0.4) is 0 Å². The van der Waals surface area contributed by atoms with Crippen molar-refractivity contribution in [1.29, 1.82) is 0 Å². The molecular formula is C15H16F3N3O6. The summed E-state index contributed by atoms with van der Waals surface area (Å²) in [5.74, 6) is -3.76. The van der Waals surface area contributed by atoms with E-state index in [1.807, 2.05) is 0 Å². The lowest BCUT2D eigenvalue weighted by atomic mass is 10.0. The number of benzene rings is 1. The summed E-state index contributed by atoms with van der Waals surface area (Å²) in [5, 5.41) is 9.68. The van der Waals surface area contributed by atoms with E-state index in [1.54, 1.807) is 24.3 Å². The summed E-state index contributed by atoms with van der Waals surface area (Å²) in [5.41, 5.74) is 6.92. The number of aliphatic carboxylic acids is 1. The Labute approximate surface area is 150 Å².